The summed E-state index contributed by atoms with van der Waals surface area (Å²) < 4.78 is 0. The van der Waals surface area contributed by atoms with Crippen LogP contribution in [0.5, 0.6) is 0 Å². The minimum Gasteiger partial charge on any atom is -0.480 e. The molecule has 5 heteroatoms. The van der Waals surface area contributed by atoms with Crippen molar-refractivity contribution >= 4 is 12.0 Å². The number of likely N-dealkylation sites (tertiary alicyclic amines) is 1. The van der Waals surface area contributed by atoms with Gasteiger partial charge in [0, 0.05) is 19.1 Å². The van der Waals surface area contributed by atoms with Gasteiger partial charge in [0.1, 0.15) is 6.04 Å². The van der Waals surface area contributed by atoms with E-state index in [-0.39, 0.29) is 6.03 Å². The van der Waals surface area contributed by atoms with E-state index >= 15 is 0 Å². The molecule has 1 atom stereocenters. The second-order valence-corrected chi connectivity index (χ2v) is 6.46. The minimum atomic E-state index is -0.869. The molecule has 1 saturated heterocycles. The molecular weight excluding hydrogens is 256 g/mol. The normalized spacial score (nSPS) is 23.6. The average molecular weight is 282 g/mol. The first-order valence-electron chi connectivity index (χ1n) is 7.80. The molecule has 2 amide bonds. The second kappa shape index (κ2) is 6.46. The highest BCUT2D eigenvalue weighted by Crippen LogP contribution is 2.27. The fourth-order valence-corrected chi connectivity index (χ4v) is 3.41. The predicted octanol–water partition coefficient (Wildman–Crippen LogP) is 2.56. The Morgan fingerprint density at radius 3 is 2.40 bits per heavy atom. The molecule has 2 aliphatic rings. The van der Waals surface area contributed by atoms with Gasteiger partial charge in [-0.15, -0.1) is 0 Å². The van der Waals surface area contributed by atoms with Crippen LogP contribution >= 0.6 is 0 Å². The van der Waals surface area contributed by atoms with E-state index in [1.54, 1.807) is 4.90 Å². The fraction of sp³-hybridized carbons (Fsp3) is 0.867. The molecule has 0 bridgehead atoms. The number of hydrogen-bond acceptors (Lipinski definition) is 2. The van der Waals surface area contributed by atoms with E-state index in [1.165, 1.54) is 12.8 Å². The van der Waals surface area contributed by atoms with Crippen LogP contribution in [-0.4, -0.2) is 52.1 Å². The number of carbonyl (C=O) groups is 2. The maximum absolute atomic E-state index is 12.8. The molecule has 0 aromatic carbocycles. The van der Waals surface area contributed by atoms with Crippen LogP contribution in [-0.2, 0) is 4.79 Å². The highest BCUT2D eigenvalue weighted by atomic mass is 16.4. The molecule has 0 spiro atoms. The van der Waals surface area contributed by atoms with Crippen molar-refractivity contribution in [2.24, 2.45) is 5.92 Å². The number of rotatable bonds is 4. The van der Waals surface area contributed by atoms with Crippen LogP contribution < -0.4 is 0 Å². The van der Waals surface area contributed by atoms with E-state index in [4.69, 9.17) is 0 Å². The first kappa shape index (κ1) is 15.1. The zero-order valence-corrected chi connectivity index (χ0v) is 12.5. The largest absolute Gasteiger partial charge is 0.480 e. The fourth-order valence-electron chi connectivity index (χ4n) is 3.41. The summed E-state index contributed by atoms with van der Waals surface area (Å²) in [6.07, 6.45) is 5.85. The van der Waals surface area contributed by atoms with Gasteiger partial charge in [-0.2, -0.15) is 0 Å². The Morgan fingerprint density at radius 1 is 1.20 bits per heavy atom. The van der Waals surface area contributed by atoms with Crippen LogP contribution in [0.2, 0.25) is 0 Å². The van der Waals surface area contributed by atoms with Gasteiger partial charge < -0.3 is 14.9 Å². The first-order chi connectivity index (χ1) is 9.50. The molecule has 2 rings (SSSR count). The van der Waals surface area contributed by atoms with Crippen molar-refractivity contribution in [1.29, 1.82) is 0 Å². The summed E-state index contributed by atoms with van der Waals surface area (Å²) in [5.41, 5.74) is 0. The molecule has 1 aliphatic carbocycles. The topological polar surface area (TPSA) is 60.9 Å². The summed E-state index contributed by atoms with van der Waals surface area (Å²) in [6, 6.07) is -0.381. The molecule has 0 radical (unpaired) electrons. The van der Waals surface area contributed by atoms with Gasteiger partial charge in [-0.25, -0.2) is 9.59 Å². The lowest BCUT2D eigenvalue weighted by Gasteiger charge is -2.35. The number of urea groups is 1. The lowest BCUT2D eigenvalue weighted by molar-refractivity contribution is -0.141. The standard InChI is InChI=1S/C15H26N2O3/c1-11(2)10-17(12-6-3-4-7-12)15(20)16-9-5-8-13(16)14(18)19/h11-13H,3-10H2,1-2H3,(H,18,19)/t13-/m1/s1. The van der Waals surface area contributed by atoms with Gasteiger partial charge in [0.05, 0.1) is 0 Å². The molecule has 0 unspecified atom stereocenters. The van der Waals surface area contributed by atoms with E-state index in [2.05, 4.69) is 13.8 Å². The number of nitrogens with zero attached hydrogens (tertiary/aromatic N) is 2. The number of amides is 2. The summed E-state index contributed by atoms with van der Waals surface area (Å²) in [5, 5.41) is 9.25. The molecular formula is C15H26N2O3. The van der Waals surface area contributed by atoms with Crippen LogP contribution in [0.1, 0.15) is 52.4 Å². The van der Waals surface area contributed by atoms with Gasteiger partial charge in [0.15, 0.2) is 0 Å². The number of aliphatic carboxylic acids is 1. The zero-order chi connectivity index (χ0) is 14.7. The van der Waals surface area contributed by atoms with Gasteiger partial charge in [0.25, 0.3) is 0 Å². The first-order valence-corrected chi connectivity index (χ1v) is 7.80. The Balaban J connectivity index is 2.10. The summed E-state index contributed by atoms with van der Waals surface area (Å²) in [4.78, 5) is 27.6. The van der Waals surface area contributed by atoms with Crippen molar-refractivity contribution in [2.75, 3.05) is 13.1 Å². The highest BCUT2D eigenvalue weighted by molar-refractivity contribution is 5.83. The number of carboxylic acid groups (broad SMARTS) is 1. The molecule has 2 fully saturated rings. The quantitative estimate of drug-likeness (QED) is 0.862. The molecule has 114 valence electrons. The van der Waals surface area contributed by atoms with Gasteiger partial charge in [-0.05, 0) is 31.6 Å². The zero-order valence-electron chi connectivity index (χ0n) is 12.5. The third kappa shape index (κ3) is 3.25. The third-order valence-electron chi connectivity index (χ3n) is 4.36. The monoisotopic (exact) mass is 282 g/mol. The van der Waals surface area contributed by atoms with Crippen LogP contribution in [0, 0.1) is 5.92 Å². The number of hydrogen-bond donors (Lipinski definition) is 1. The van der Waals surface area contributed by atoms with Gasteiger partial charge >= 0.3 is 12.0 Å². The van der Waals surface area contributed by atoms with Crippen molar-refractivity contribution < 1.29 is 14.7 Å². The third-order valence-corrected chi connectivity index (χ3v) is 4.36. The van der Waals surface area contributed by atoms with E-state index in [1.807, 2.05) is 4.90 Å². The summed E-state index contributed by atoms with van der Waals surface area (Å²) >= 11 is 0. The lowest BCUT2D eigenvalue weighted by atomic mass is 10.1. The van der Waals surface area contributed by atoms with Crippen LogP contribution in [0.25, 0.3) is 0 Å². The van der Waals surface area contributed by atoms with Crippen LogP contribution in [0.4, 0.5) is 4.79 Å². The molecule has 1 aliphatic heterocycles. The maximum Gasteiger partial charge on any atom is 0.326 e. The Labute approximate surface area is 120 Å². The van der Waals surface area contributed by atoms with E-state index in [0.29, 0.717) is 24.9 Å². The van der Waals surface area contributed by atoms with Gasteiger partial charge in [0.2, 0.25) is 0 Å². The molecule has 1 saturated carbocycles. The van der Waals surface area contributed by atoms with Gasteiger partial charge in [-0.3, -0.25) is 0 Å². The summed E-state index contributed by atoms with van der Waals surface area (Å²) in [5.74, 6) is -0.461. The van der Waals surface area contributed by atoms with Crippen molar-refractivity contribution in [3.05, 3.63) is 0 Å². The molecule has 5 nitrogen and oxygen atoms in total. The summed E-state index contributed by atoms with van der Waals surface area (Å²) in [7, 11) is 0. The van der Waals surface area contributed by atoms with Crippen molar-refractivity contribution in [1.82, 2.24) is 9.80 Å². The Kier molecular flexibility index (Phi) is 4.89. The number of carbonyl (C=O) groups excluding carboxylic acids is 1. The Morgan fingerprint density at radius 2 is 1.85 bits per heavy atom. The van der Waals surface area contributed by atoms with Crippen molar-refractivity contribution in [3.8, 4) is 0 Å². The van der Waals surface area contributed by atoms with Crippen LogP contribution in [0.15, 0.2) is 0 Å². The SMILES string of the molecule is CC(C)CN(C(=O)N1CCC[C@@H]1C(=O)O)C1CCCC1. The lowest BCUT2D eigenvalue weighted by Crippen LogP contribution is -2.52. The highest BCUT2D eigenvalue weighted by Gasteiger charge is 2.38. The maximum atomic E-state index is 12.8. The minimum absolute atomic E-state index is 0.0597. The molecule has 20 heavy (non-hydrogen) atoms. The van der Waals surface area contributed by atoms with E-state index in [9.17, 15) is 14.7 Å². The summed E-state index contributed by atoms with van der Waals surface area (Å²) in [6.45, 7) is 5.52. The molecule has 1 N–H and O–H groups in total. The number of carboxylic acids is 1. The Bertz CT molecular complexity index is 364. The van der Waals surface area contributed by atoms with Gasteiger partial charge in [-0.1, -0.05) is 26.7 Å². The van der Waals surface area contributed by atoms with Crippen LogP contribution in [0.3, 0.4) is 0 Å². The smallest absolute Gasteiger partial charge is 0.326 e. The predicted molar refractivity (Wildman–Crippen MR) is 76.6 cm³/mol. The second-order valence-electron chi connectivity index (χ2n) is 6.46. The average Bonchev–Trinajstić information content (AvgIpc) is 3.05. The van der Waals surface area contributed by atoms with E-state index < -0.39 is 12.0 Å². The molecule has 0 aromatic rings. The molecule has 0 aromatic heterocycles. The van der Waals surface area contributed by atoms with Crippen molar-refractivity contribution in [2.45, 2.75) is 64.5 Å². The Hall–Kier alpha value is -1.26. The van der Waals surface area contributed by atoms with Crippen molar-refractivity contribution in [3.63, 3.8) is 0 Å². The molecule has 1 heterocycles. The van der Waals surface area contributed by atoms with E-state index in [0.717, 1.165) is 25.8 Å².